The molecule has 1 saturated carbocycles. The van der Waals surface area contributed by atoms with Crippen LogP contribution in [0.15, 0.2) is 53.4 Å². The second kappa shape index (κ2) is 7.75. The van der Waals surface area contributed by atoms with Gasteiger partial charge in [0.2, 0.25) is 0 Å². The average molecular weight is 368 g/mol. The van der Waals surface area contributed by atoms with E-state index in [0.29, 0.717) is 5.92 Å². The Labute approximate surface area is 161 Å². The van der Waals surface area contributed by atoms with Gasteiger partial charge in [0, 0.05) is 16.2 Å². The number of hydrogen-bond acceptors (Lipinski definition) is 3. The van der Waals surface area contributed by atoms with Crippen LogP contribution in [0.1, 0.15) is 48.3 Å². The van der Waals surface area contributed by atoms with Gasteiger partial charge in [-0.05, 0) is 79.2 Å². The average Bonchev–Trinajstić information content (AvgIpc) is 3.09. The van der Waals surface area contributed by atoms with Crippen LogP contribution in [0.25, 0.3) is 0 Å². The Morgan fingerprint density at radius 3 is 2.69 bits per heavy atom. The first-order valence-electron chi connectivity index (χ1n) is 9.84. The van der Waals surface area contributed by atoms with Crippen LogP contribution >= 0.6 is 11.8 Å². The standard InChI is InChI=1S/C23H29NOS/c24-23(16-25)11-10-21(14-23)20-9-8-18-12-17(6-7-19(18)13-20)15-26-22-4-2-1-3-5-22/h1-5,8-9,13,17,21,25H,6-7,10-12,14-16,24H2/t17?,21-,23+/m0/s1. The molecule has 4 rings (SSSR count). The van der Waals surface area contributed by atoms with Gasteiger partial charge < -0.3 is 10.8 Å². The van der Waals surface area contributed by atoms with Crippen LogP contribution in [0.5, 0.6) is 0 Å². The summed E-state index contributed by atoms with van der Waals surface area (Å²) >= 11 is 1.99. The number of rotatable bonds is 5. The van der Waals surface area contributed by atoms with Crippen molar-refractivity contribution in [1.29, 1.82) is 0 Å². The lowest BCUT2D eigenvalue weighted by Gasteiger charge is -2.26. The third kappa shape index (κ3) is 4.00. The van der Waals surface area contributed by atoms with Gasteiger partial charge in [-0.25, -0.2) is 0 Å². The van der Waals surface area contributed by atoms with Crippen molar-refractivity contribution in [3.63, 3.8) is 0 Å². The Morgan fingerprint density at radius 2 is 1.92 bits per heavy atom. The van der Waals surface area contributed by atoms with E-state index in [-0.39, 0.29) is 12.1 Å². The van der Waals surface area contributed by atoms with Gasteiger partial charge in [0.25, 0.3) is 0 Å². The largest absolute Gasteiger partial charge is 0.394 e. The van der Waals surface area contributed by atoms with Crippen LogP contribution in [0.2, 0.25) is 0 Å². The second-order valence-electron chi connectivity index (χ2n) is 8.22. The van der Waals surface area contributed by atoms with E-state index in [9.17, 15) is 5.11 Å². The monoisotopic (exact) mass is 367 g/mol. The summed E-state index contributed by atoms with van der Waals surface area (Å²) in [5, 5.41) is 9.52. The highest BCUT2D eigenvalue weighted by molar-refractivity contribution is 7.99. The zero-order valence-electron chi connectivity index (χ0n) is 15.4. The summed E-state index contributed by atoms with van der Waals surface area (Å²) in [6.45, 7) is 0.106. The van der Waals surface area contributed by atoms with Crippen molar-refractivity contribution in [3.05, 3.63) is 65.2 Å². The van der Waals surface area contributed by atoms with Gasteiger partial charge in [-0.2, -0.15) is 0 Å². The SMILES string of the molecule is N[C@]1(CO)CC[C@H](c2ccc3c(c2)CCC(CSc2ccccc2)C3)C1. The molecule has 0 aliphatic heterocycles. The fourth-order valence-electron chi connectivity index (χ4n) is 4.56. The highest BCUT2D eigenvalue weighted by Crippen LogP contribution is 2.41. The first kappa shape index (κ1) is 18.1. The number of aliphatic hydroxyl groups is 1. The van der Waals surface area contributed by atoms with E-state index < -0.39 is 0 Å². The Balaban J connectivity index is 1.38. The van der Waals surface area contributed by atoms with Gasteiger partial charge in [0.15, 0.2) is 0 Å². The topological polar surface area (TPSA) is 46.2 Å². The van der Waals surface area contributed by atoms with Crippen molar-refractivity contribution in [3.8, 4) is 0 Å². The fourth-order valence-corrected chi connectivity index (χ4v) is 5.62. The van der Waals surface area contributed by atoms with E-state index in [4.69, 9.17) is 5.73 Å². The molecule has 3 heteroatoms. The molecular formula is C23H29NOS. The van der Waals surface area contributed by atoms with Crippen LogP contribution in [0, 0.1) is 5.92 Å². The van der Waals surface area contributed by atoms with E-state index in [0.717, 1.165) is 25.2 Å². The van der Waals surface area contributed by atoms with Gasteiger partial charge >= 0.3 is 0 Å². The molecule has 2 aliphatic rings. The maximum Gasteiger partial charge on any atom is 0.0611 e. The van der Waals surface area contributed by atoms with Crippen LogP contribution in [-0.4, -0.2) is 23.0 Å². The third-order valence-electron chi connectivity index (χ3n) is 6.22. The minimum atomic E-state index is -0.361. The number of hydrogen-bond donors (Lipinski definition) is 2. The minimum Gasteiger partial charge on any atom is -0.394 e. The Bertz CT molecular complexity index is 747. The van der Waals surface area contributed by atoms with Crippen LogP contribution in [-0.2, 0) is 12.8 Å². The fraction of sp³-hybridized carbons (Fsp3) is 0.478. The predicted octanol–water partition coefficient (Wildman–Crippen LogP) is 4.54. The number of thioether (sulfide) groups is 1. The molecule has 0 spiro atoms. The van der Waals surface area contributed by atoms with Crippen molar-refractivity contribution in [2.24, 2.45) is 11.7 Å². The Morgan fingerprint density at radius 1 is 1.08 bits per heavy atom. The molecule has 0 heterocycles. The molecule has 1 unspecified atom stereocenters. The molecule has 0 aromatic heterocycles. The highest BCUT2D eigenvalue weighted by Gasteiger charge is 2.36. The highest BCUT2D eigenvalue weighted by atomic mass is 32.2. The molecule has 2 aromatic rings. The van der Waals surface area contributed by atoms with E-state index >= 15 is 0 Å². The van der Waals surface area contributed by atoms with Crippen molar-refractivity contribution in [2.45, 2.75) is 54.9 Å². The van der Waals surface area contributed by atoms with Crippen molar-refractivity contribution < 1.29 is 5.11 Å². The molecule has 3 atom stereocenters. The van der Waals surface area contributed by atoms with Crippen molar-refractivity contribution in [2.75, 3.05) is 12.4 Å². The summed E-state index contributed by atoms with van der Waals surface area (Å²) < 4.78 is 0. The van der Waals surface area contributed by atoms with E-state index in [1.807, 2.05) is 11.8 Å². The van der Waals surface area contributed by atoms with Crippen LogP contribution in [0.4, 0.5) is 0 Å². The number of benzene rings is 2. The summed E-state index contributed by atoms with van der Waals surface area (Å²) in [5.74, 6) is 2.50. The zero-order valence-corrected chi connectivity index (χ0v) is 16.2. The molecule has 0 saturated heterocycles. The minimum absolute atomic E-state index is 0.106. The lowest BCUT2D eigenvalue weighted by molar-refractivity contribution is 0.198. The lowest BCUT2D eigenvalue weighted by atomic mass is 9.82. The van der Waals surface area contributed by atoms with Gasteiger partial charge in [0.1, 0.15) is 0 Å². The first-order valence-corrected chi connectivity index (χ1v) is 10.8. The van der Waals surface area contributed by atoms with E-state index in [1.165, 1.54) is 41.0 Å². The number of nitrogens with two attached hydrogens (primary N) is 1. The Kier molecular flexibility index (Phi) is 5.40. The molecule has 138 valence electrons. The predicted molar refractivity (Wildman–Crippen MR) is 110 cm³/mol. The number of fused-ring (bicyclic) bond motifs is 1. The quantitative estimate of drug-likeness (QED) is 0.763. The van der Waals surface area contributed by atoms with Crippen LogP contribution < -0.4 is 5.73 Å². The molecule has 0 bridgehead atoms. The molecule has 0 radical (unpaired) electrons. The Hall–Kier alpha value is -1.29. The molecule has 0 amide bonds. The first-order chi connectivity index (χ1) is 12.6. The van der Waals surface area contributed by atoms with Gasteiger partial charge in [-0.3, -0.25) is 0 Å². The number of aliphatic hydroxyl groups excluding tert-OH is 1. The third-order valence-corrected chi connectivity index (χ3v) is 7.46. The lowest BCUT2D eigenvalue weighted by Crippen LogP contribution is -2.40. The molecule has 2 aromatic carbocycles. The zero-order chi connectivity index (χ0) is 18.0. The summed E-state index contributed by atoms with van der Waals surface area (Å²) in [6, 6.07) is 17.9. The molecule has 3 N–H and O–H groups in total. The molecule has 26 heavy (non-hydrogen) atoms. The van der Waals surface area contributed by atoms with E-state index in [2.05, 4.69) is 48.5 Å². The molecule has 2 nitrogen and oxygen atoms in total. The summed E-state index contributed by atoms with van der Waals surface area (Å²) in [5.41, 5.74) is 10.4. The normalized spacial score (nSPS) is 28.1. The second-order valence-corrected chi connectivity index (χ2v) is 9.31. The van der Waals surface area contributed by atoms with E-state index in [1.54, 1.807) is 5.56 Å². The van der Waals surface area contributed by atoms with Crippen LogP contribution in [0.3, 0.4) is 0 Å². The summed E-state index contributed by atoms with van der Waals surface area (Å²) in [6.07, 6.45) is 6.65. The maximum absolute atomic E-state index is 9.52. The van der Waals surface area contributed by atoms with Gasteiger partial charge in [0.05, 0.1) is 6.61 Å². The molecule has 1 fully saturated rings. The molecule has 2 aliphatic carbocycles. The number of aryl methyl sites for hydroxylation is 1. The summed E-state index contributed by atoms with van der Waals surface area (Å²) in [4.78, 5) is 1.38. The van der Waals surface area contributed by atoms with Gasteiger partial charge in [-0.15, -0.1) is 11.8 Å². The smallest absolute Gasteiger partial charge is 0.0611 e. The maximum atomic E-state index is 9.52. The van der Waals surface area contributed by atoms with Crippen molar-refractivity contribution in [1.82, 2.24) is 0 Å². The van der Waals surface area contributed by atoms with Gasteiger partial charge in [-0.1, -0.05) is 36.4 Å². The van der Waals surface area contributed by atoms with Crippen molar-refractivity contribution >= 4 is 11.8 Å². The summed E-state index contributed by atoms with van der Waals surface area (Å²) in [7, 11) is 0. The molecular weight excluding hydrogens is 338 g/mol.